The number of carbonyl (C=O) groups excluding carboxylic acids is 1. The van der Waals surface area contributed by atoms with Gasteiger partial charge in [0.2, 0.25) is 0 Å². The molecular formula is C21H28ClN3O3. The molecule has 6 nitrogen and oxygen atoms in total. The molecule has 7 heteroatoms. The van der Waals surface area contributed by atoms with Crippen molar-refractivity contribution in [1.82, 2.24) is 14.9 Å². The fourth-order valence-electron chi connectivity index (χ4n) is 3.26. The SMILES string of the molecule is CC(C)(C)OC(=O)N1CCCC1OCCCCc1cc(Cl)c2cccnc2n1. The summed E-state index contributed by atoms with van der Waals surface area (Å²) in [6, 6.07) is 5.69. The number of rotatable bonds is 6. The molecule has 1 aliphatic heterocycles. The first-order chi connectivity index (χ1) is 13.3. The van der Waals surface area contributed by atoms with Crippen LogP contribution in [0.2, 0.25) is 5.02 Å². The summed E-state index contributed by atoms with van der Waals surface area (Å²) in [4.78, 5) is 22.8. The molecule has 0 saturated carbocycles. The Bertz CT molecular complexity index is 822. The van der Waals surface area contributed by atoms with E-state index in [4.69, 9.17) is 21.1 Å². The first-order valence-corrected chi connectivity index (χ1v) is 10.2. The first-order valence-electron chi connectivity index (χ1n) is 9.85. The smallest absolute Gasteiger partial charge is 0.412 e. The number of likely N-dealkylation sites (tertiary alicyclic amines) is 1. The van der Waals surface area contributed by atoms with E-state index in [1.807, 2.05) is 39.0 Å². The molecule has 0 bridgehead atoms. The Morgan fingerprint density at radius 1 is 1.36 bits per heavy atom. The van der Waals surface area contributed by atoms with Crippen LogP contribution in [-0.4, -0.2) is 45.9 Å². The first kappa shape index (κ1) is 20.8. The quantitative estimate of drug-likeness (QED) is 0.634. The molecule has 1 atom stereocenters. The van der Waals surface area contributed by atoms with Gasteiger partial charge in [0, 0.05) is 30.4 Å². The van der Waals surface area contributed by atoms with Gasteiger partial charge >= 0.3 is 6.09 Å². The predicted octanol–water partition coefficient (Wildman–Crippen LogP) is 4.98. The third-order valence-corrected chi connectivity index (χ3v) is 4.86. The van der Waals surface area contributed by atoms with Crippen molar-refractivity contribution in [2.75, 3.05) is 13.2 Å². The highest BCUT2D eigenvalue weighted by molar-refractivity contribution is 6.35. The van der Waals surface area contributed by atoms with Crippen LogP contribution in [0.3, 0.4) is 0 Å². The lowest BCUT2D eigenvalue weighted by atomic mass is 10.1. The van der Waals surface area contributed by atoms with Gasteiger partial charge in [-0.25, -0.2) is 14.8 Å². The van der Waals surface area contributed by atoms with E-state index < -0.39 is 5.60 Å². The molecule has 152 valence electrons. The third kappa shape index (κ3) is 5.55. The lowest BCUT2D eigenvalue weighted by molar-refractivity contribution is -0.0496. The number of unbranched alkanes of at least 4 members (excludes halogenated alkanes) is 1. The number of carbonyl (C=O) groups is 1. The zero-order valence-electron chi connectivity index (χ0n) is 16.8. The summed E-state index contributed by atoms with van der Waals surface area (Å²) in [5.41, 5.74) is 1.13. The molecule has 0 radical (unpaired) electrons. The van der Waals surface area contributed by atoms with Crippen molar-refractivity contribution in [3.05, 3.63) is 35.1 Å². The maximum atomic E-state index is 12.3. The lowest BCUT2D eigenvalue weighted by Gasteiger charge is -2.28. The molecule has 0 spiro atoms. The topological polar surface area (TPSA) is 64.5 Å². The van der Waals surface area contributed by atoms with Gasteiger partial charge in [-0.1, -0.05) is 11.6 Å². The van der Waals surface area contributed by atoms with E-state index in [2.05, 4.69) is 9.97 Å². The zero-order valence-corrected chi connectivity index (χ0v) is 17.5. The molecule has 28 heavy (non-hydrogen) atoms. The van der Waals surface area contributed by atoms with E-state index in [9.17, 15) is 4.79 Å². The molecular weight excluding hydrogens is 378 g/mol. The summed E-state index contributed by atoms with van der Waals surface area (Å²) < 4.78 is 11.4. The van der Waals surface area contributed by atoms with E-state index in [1.54, 1.807) is 11.1 Å². The molecule has 1 saturated heterocycles. The van der Waals surface area contributed by atoms with Crippen molar-refractivity contribution in [3.8, 4) is 0 Å². The summed E-state index contributed by atoms with van der Waals surface area (Å²) in [6.45, 7) is 6.91. The van der Waals surface area contributed by atoms with Crippen molar-refractivity contribution in [2.45, 2.75) is 64.7 Å². The minimum absolute atomic E-state index is 0.188. The number of hydrogen-bond donors (Lipinski definition) is 0. The molecule has 1 unspecified atom stereocenters. The highest BCUT2D eigenvalue weighted by atomic mass is 35.5. The van der Waals surface area contributed by atoms with Crippen LogP contribution < -0.4 is 0 Å². The van der Waals surface area contributed by atoms with Crippen molar-refractivity contribution in [2.24, 2.45) is 0 Å². The molecule has 0 N–H and O–H groups in total. The van der Waals surface area contributed by atoms with Crippen LogP contribution in [0.15, 0.2) is 24.4 Å². The number of halogens is 1. The van der Waals surface area contributed by atoms with Crippen molar-refractivity contribution < 1.29 is 14.3 Å². The zero-order chi connectivity index (χ0) is 20.1. The van der Waals surface area contributed by atoms with Crippen LogP contribution >= 0.6 is 11.6 Å². The molecule has 0 aliphatic carbocycles. The van der Waals surface area contributed by atoms with E-state index in [1.165, 1.54) is 0 Å². The van der Waals surface area contributed by atoms with E-state index in [-0.39, 0.29) is 12.3 Å². The average molecular weight is 406 g/mol. The second kappa shape index (κ2) is 9.05. The second-order valence-electron chi connectivity index (χ2n) is 8.07. The largest absolute Gasteiger partial charge is 0.444 e. The molecule has 2 aromatic rings. The fraction of sp³-hybridized carbons (Fsp3) is 0.571. The van der Waals surface area contributed by atoms with Crippen molar-refractivity contribution in [3.63, 3.8) is 0 Å². The van der Waals surface area contributed by atoms with Gasteiger partial charge in [0.05, 0.1) is 5.02 Å². The fourth-order valence-corrected chi connectivity index (χ4v) is 3.53. The van der Waals surface area contributed by atoms with E-state index >= 15 is 0 Å². The predicted molar refractivity (Wildman–Crippen MR) is 109 cm³/mol. The number of ether oxygens (including phenoxy) is 2. The van der Waals surface area contributed by atoms with Crippen LogP contribution in [0.25, 0.3) is 11.0 Å². The van der Waals surface area contributed by atoms with Gasteiger partial charge in [-0.05, 0) is 71.1 Å². The Kier molecular flexibility index (Phi) is 6.73. The minimum atomic E-state index is -0.493. The molecule has 1 fully saturated rings. The average Bonchev–Trinajstić information content (AvgIpc) is 3.09. The summed E-state index contributed by atoms with van der Waals surface area (Å²) in [5.74, 6) is 0. The number of amides is 1. The van der Waals surface area contributed by atoms with Gasteiger partial charge in [0.1, 0.15) is 11.8 Å². The van der Waals surface area contributed by atoms with Gasteiger partial charge in [-0.2, -0.15) is 0 Å². The number of pyridine rings is 2. The van der Waals surface area contributed by atoms with Gasteiger partial charge in [0.25, 0.3) is 0 Å². The highest BCUT2D eigenvalue weighted by Gasteiger charge is 2.32. The number of fused-ring (bicyclic) bond motifs is 1. The van der Waals surface area contributed by atoms with Gasteiger partial charge in [-0.3, -0.25) is 4.90 Å². The standard InChI is InChI=1S/C21H28ClN3O3/c1-21(2,3)28-20(26)25-12-7-10-18(25)27-13-5-4-8-15-14-17(22)16-9-6-11-23-19(16)24-15/h6,9,11,14,18H,4-5,7-8,10,12-13H2,1-3H3. The second-order valence-corrected chi connectivity index (χ2v) is 8.48. The van der Waals surface area contributed by atoms with Crippen molar-refractivity contribution >= 4 is 28.7 Å². The molecule has 3 heterocycles. The molecule has 1 amide bonds. The summed E-state index contributed by atoms with van der Waals surface area (Å²) in [7, 11) is 0. The van der Waals surface area contributed by atoms with E-state index in [0.29, 0.717) is 23.8 Å². The summed E-state index contributed by atoms with van der Waals surface area (Å²) in [5, 5.41) is 1.56. The summed E-state index contributed by atoms with van der Waals surface area (Å²) in [6.07, 6.45) is 5.67. The van der Waals surface area contributed by atoms with E-state index in [0.717, 1.165) is 43.2 Å². The van der Waals surface area contributed by atoms with Crippen LogP contribution in [-0.2, 0) is 15.9 Å². The lowest BCUT2D eigenvalue weighted by Crippen LogP contribution is -2.41. The molecule has 1 aliphatic rings. The van der Waals surface area contributed by atoms with Gasteiger partial charge in [-0.15, -0.1) is 0 Å². The Hall–Kier alpha value is -1.92. The number of aromatic nitrogens is 2. The molecule has 3 rings (SSSR count). The summed E-state index contributed by atoms with van der Waals surface area (Å²) >= 11 is 6.33. The van der Waals surface area contributed by atoms with Gasteiger partial charge in [0.15, 0.2) is 5.65 Å². The maximum absolute atomic E-state index is 12.3. The maximum Gasteiger partial charge on any atom is 0.412 e. The molecule has 2 aromatic heterocycles. The Morgan fingerprint density at radius 2 is 2.18 bits per heavy atom. The van der Waals surface area contributed by atoms with Crippen LogP contribution in [0.5, 0.6) is 0 Å². The number of hydrogen-bond acceptors (Lipinski definition) is 5. The minimum Gasteiger partial charge on any atom is -0.444 e. The monoisotopic (exact) mass is 405 g/mol. The van der Waals surface area contributed by atoms with Crippen LogP contribution in [0.1, 0.15) is 52.1 Å². The van der Waals surface area contributed by atoms with Crippen LogP contribution in [0, 0.1) is 0 Å². The Labute approximate surface area is 171 Å². The van der Waals surface area contributed by atoms with Gasteiger partial charge < -0.3 is 9.47 Å². The van der Waals surface area contributed by atoms with Crippen molar-refractivity contribution in [1.29, 1.82) is 0 Å². The van der Waals surface area contributed by atoms with Crippen LogP contribution in [0.4, 0.5) is 4.79 Å². The number of aryl methyl sites for hydroxylation is 1. The Balaban J connectivity index is 1.44. The normalized spacial score (nSPS) is 17.3. The third-order valence-electron chi connectivity index (χ3n) is 4.55. The Morgan fingerprint density at radius 3 is 2.96 bits per heavy atom. The molecule has 0 aromatic carbocycles. The highest BCUT2D eigenvalue weighted by Crippen LogP contribution is 2.23. The number of nitrogens with zero attached hydrogens (tertiary/aromatic N) is 3.